The first-order valence-electron chi connectivity index (χ1n) is 9.73. The summed E-state index contributed by atoms with van der Waals surface area (Å²) in [4.78, 5) is 24.4. The first-order chi connectivity index (χ1) is 14.0. The Balaban J connectivity index is 1.58. The van der Waals surface area contributed by atoms with Crippen LogP contribution in [0.4, 0.5) is 11.4 Å². The van der Waals surface area contributed by atoms with Crippen molar-refractivity contribution < 1.29 is 14.3 Å². The first kappa shape index (κ1) is 20.8. The van der Waals surface area contributed by atoms with Gasteiger partial charge in [-0.25, -0.2) is 0 Å². The molecule has 0 atom stereocenters. The Bertz CT molecular complexity index is 908. The third kappa shape index (κ3) is 5.77. The van der Waals surface area contributed by atoms with E-state index in [0.29, 0.717) is 12.2 Å². The lowest BCUT2D eigenvalue weighted by Crippen LogP contribution is -2.34. The van der Waals surface area contributed by atoms with Gasteiger partial charge in [0.05, 0.1) is 6.61 Å². The molecule has 2 aromatic carbocycles. The number of hydrogen-bond acceptors (Lipinski definition) is 4. The maximum atomic E-state index is 12.4. The van der Waals surface area contributed by atoms with Gasteiger partial charge in [0.1, 0.15) is 5.75 Å². The minimum atomic E-state index is -0.305. The summed E-state index contributed by atoms with van der Waals surface area (Å²) in [7, 11) is 0. The summed E-state index contributed by atoms with van der Waals surface area (Å²) in [5, 5.41) is 8.85. The van der Waals surface area contributed by atoms with Crippen molar-refractivity contribution in [1.82, 2.24) is 5.32 Å². The van der Waals surface area contributed by atoms with Crippen LogP contribution >= 0.6 is 12.2 Å². The Morgan fingerprint density at radius 1 is 1.07 bits per heavy atom. The molecule has 0 bridgehead atoms. The lowest BCUT2D eigenvalue weighted by atomic mass is 10.1. The van der Waals surface area contributed by atoms with E-state index in [1.807, 2.05) is 32.0 Å². The molecule has 1 aliphatic carbocycles. The molecule has 2 amide bonds. The predicted molar refractivity (Wildman–Crippen MR) is 118 cm³/mol. The average molecular weight is 412 g/mol. The fraction of sp³-hybridized carbons (Fsp3) is 0.318. The summed E-state index contributed by atoms with van der Waals surface area (Å²) in [6.45, 7) is 4.57. The fourth-order valence-electron chi connectivity index (χ4n) is 2.74. The summed E-state index contributed by atoms with van der Waals surface area (Å²) in [6, 6.07) is 12.4. The maximum Gasteiger partial charge on any atom is 0.257 e. The van der Waals surface area contributed by atoms with Gasteiger partial charge < -0.3 is 15.4 Å². The first-order valence-corrected chi connectivity index (χ1v) is 10.1. The largest absolute Gasteiger partial charge is 0.494 e. The lowest BCUT2D eigenvalue weighted by molar-refractivity contribution is -0.117. The van der Waals surface area contributed by atoms with Crippen molar-refractivity contribution in [3.63, 3.8) is 0 Å². The Hall–Kier alpha value is -2.93. The Kier molecular flexibility index (Phi) is 6.82. The van der Waals surface area contributed by atoms with E-state index in [1.165, 1.54) is 0 Å². The second kappa shape index (κ2) is 9.52. The highest BCUT2D eigenvalue weighted by Crippen LogP contribution is 2.31. The van der Waals surface area contributed by atoms with E-state index >= 15 is 0 Å². The zero-order valence-electron chi connectivity index (χ0n) is 16.6. The fourth-order valence-corrected chi connectivity index (χ4v) is 2.94. The van der Waals surface area contributed by atoms with Gasteiger partial charge in [0, 0.05) is 22.9 Å². The number of carbonyl (C=O) groups is 2. The highest BCUT2D eigenvalue weighted by molar-refractivity contribution is 7.80. The van der Waals surface area contributed by atoms with Crippen LogP contribution in [0.25, 0.3) is 0 Å². The standard InChI is InChI=1S/C22H25N3O3S/c1-3-13-28-17-11-9-16(10-12-17)21(27)25-22(29)24-19-6-4-5-18(14(19)2)23-20(26)15-7-8-15/h4-6,9-12,15H,3,7-8,13H2,1-2H3,(H,23,26)(H2,24,25,27,29). The average Bonchev–Trinajstić information content (AvgIpc) is 3.55. The molecule has 0 heterocycles. The smallest absolute Gasteiger partial charge is 0.257 e. The zero-order chi connectivity index (χ0) is 20.8. The molecule has 1 aliphatic rings. The van der Waals surface area contributed by atoms with E-state index in [1.54, 1.807) is 24.3 Å². The highest BCUT2D eigenvalue weighted by atomic mass is 32.1. The summed E-state index contributed by atoms with van der Waals surface area (Å²) in [5.41, 5.74) is 2.81. The van der Waals surface area contributed by atoms with Gasteiger partial charge in [-0.05, 0) is 80.4 Å². The molecule has 2 aromatic rings. The van der Waals surface area contributed by atoms with Crippen molar-refractivity contribution >= 4 is 40.5 Å². The Labute approximate surface area is 176 Å². The quantitative estimate of drug-likeness (QED) is 0.594. The maximum absolute atomic E-state index is 12.4. The number of carbonyl (C=O) groups excluding carboxylic acids is 2. The van der Waals surface area contributed by atoms with E-state index in [2.05, 4.69) is 16.0 Å². The summed E-state index contributed by atoms with van der Waals surface area (Å²) < 4.78 is 5.52. The number of hydrogen-bond donors (Lipinski definition) is 3. The monoisotopic (exact) mass is 411 g/mol. The van der Waals surface area contributed by atoms with E-state index < -0.39 is 0 Å². The molecule has 7 heteroatoms. The van der Waals surface area contributed by atoms with Gasteiger partial charge >= 0.3 is 0 Å². The van der Waals surface area contributed by atoms with Crippen molar-refractivity contribution in [2.24, 2.45) is 5.92 Å². The third-order valence-corrected chi connectivity index (χ3v) is 4.81. The van der Waals surface area contributed by atoms with Crippen molar-refractivity contribution in [2.45, 2.75) is 33.1 Å². The molecular weight excluding hydrogens is 386 g/mol. The molecule has 1 saturated carbocycles. The zero-order valence-corrected chi connectivity index (χ0v) is 17.4. The van der Waals surface area contributed by atoms with Crippen LogP contribution in [0.3, 0.4) is 0 Å². The van der Waals surface area contributed by atoms with E-state index in [-0.39, 0.29) is 22.8 Å². The molecule has 152 valence electrons. The molecule has 6 nitrogen and oxygen atoms in total. The van der Waals surface area contributed by atoms with Crippen molar-refractivity contribution in [3.8, 4) is 5.75 Å². The van der Waals surface area contributed by atoms with Gasteiger partial charge in [0.25, 0.3) is 5.91 Å². The number of anilines is 2. The Morgan fingerprint density at radius 2 is 1.72 bits per heavy atom. The van der Waals surface area contributed by atoms with Crippen molar-refractivity contribution in [2.75, 3.05) is 17.2 Å². The normalized spacial score (nSPS) is 12.8. The molecule has 29 heavy (non-hydrogen) atoms. The summed E-state index contributed by atoms with van der Waals surface area (Å²) >= 11 is 5.28. The Morgan fingerprint density at radius 3 is 2.34 bits per heavy atom. The number of benzene rings is 2. The topological polar surface area (TPSA) is 79.5 Å². The van der Waals surface area contributed by atoms with Crippen LogP contribution in [0, 0.1) is 12.8 Å². The molecular formula is C22H25N3O3S. The van der Waals surface area contributed by atoms with E-state index in [0.717, 1.165) is 42.0 Å². The minimum Gasteiger partial charge on any atom is -0.494 e. The van der Waals surface area contributed by atoms with Gasteiger partial charge in [-0.2, -0.15) is 0 Å². The van der Waals surface area contributed by atoms with Crippen LogP contribution < -0.4 is 20.7 Å². The van der Waals surface area contributed by atoms with Crippen LogP contribution in [-0.2, 0) is 4.79 Å². The molecule has 1 fully saturated rings. The van der Waals surface area contributed by atoms with Crippen LogP contribution in [0.1, 0.15) is 42.1 Å². The van der Waals surface area contributed by atoms with Gasteiger partial charge in [-0.3, -0.25) is 14.9 Å². The number of amides is 2. The third-order valence-electron chi connectivity index (χ3n) is 4.60. The van der Waals surface area contributed by atoms with E-state index in [4.69, 9.17) is 17.0 Å². The minimum absolute atomic E-state index is 0.0486. The number of nitrogens with one attached hydrogen (secondary N) is 3. The van der Waals surface area contributed by atoms with Crippen LogP contribution in [0.5, 0.6) is 5.75 Å². The molecule has 0 saturated heterocycles. The summed E-state index contributed by atoms with van der Waals surface area (Å²) in [5.74, 6) is 0.600. The molecule has 0 aliphatic heterocycles. The number of ether oxygens (including phenoxy) is 1. The lowest BCUT2D eigenvalue weighted by Gasteiger charge is -2.15. The second-order valence-electron chi connectivity index (χ2n) is 7.02. The van der Waals surface area contributed by atoms with Crippen LogP contribution in [-0.4, -0.2) is 23.5 Å². The molecule has 0 unspecified atom stereocenters. The van der Waals surface area contributed by atoms with Gasteiger partial charge in [0.15, 0.2) is 5.11 Å². The van der Waals surface area contributed by atoms with E-state index in [9.17, 15) is 9.59 Å². The number of rotatable bonds is 7. The predicted octanol–water partition coefficient (Wildman–Crippen LogP) is 4.26. The molecule has 0 radical (unpaired) electrons. The summed E-state index contributed by atoms with van der Waals surface area (Å²) in [6.07, 6.45) is 2.82. The molecule has 0 aromatic heterocycles. The van der Waals surface area contributed by atoms with Gasteiger partial charge in [0.2, 0.25) is 5.91 Å². The van der Waals surface area contributed by atoms with Crippen LogP contribution in [0.2, 0.25) is 0 Å². The molecule has 0 spiro atoms. The SMILES string of the molecule is CCCOc1ccc(C(=O)NC(=S)Nc2cccc(NC(=O)C3CC3)c2C)cc1. The molecule has 3 rings (SSSR count). The van der Waals surface area contributed by atoms with Gasteiger partial charge in [-0.15, -0.1) is 0 Å². The van der Waals surface area contributed by atoms with Crippen LogP contribution in [0.15, 0.2) is 42.5 Å². The highest BCUT2D eigenvalue weighted by Gasteiger charge is 2.29. The second-order valence-corrected chi connectivity index (χ2v) is 7.43. The number of thiocarbonyl (C=S) groups is 1. The van der Waals surface area contributed by atoms with Crippen molar-refractivity contribution in [3.05, 3.63) is 53.6 Å². The van der Waals surface area contributed by atoms with Crippen molar-refractivity contribution in [1.29, 1.82) is 0 Å². The van der Waals surface area contributed by atoms with Gasteiger partial charge in [-0.1, -0.05) is 13.0 Å². The molecule has 3 N–H and O–H groups in total.